The molecule has 0 heteroatoms. The van der Waals surface area contributed by atoms with Crippen LogP contribution in [0.2, 0.25) is 0 Å². The van der Waals surface area contributed by atoms with Crippen LogP contribution in [0.5, 0.6) is 0 Å². The molecule has 0 amide bonds. The van der Waals surface area contributed by atoms with Crippen LogP contribution in [0.25, 0.3) is 0 Å². The number of hydrogen-bond acceptors (Lipinski definition) is 0. The van der Waals surface area contributed by atoms with Gasteiger partial charge in [-0.05, 0) is 5.92 Å². The van der Waals surface area contributed by atoms with Crippen LogP contribution in [0.15, 0.2) is 0 Å². The van der Waals surface area contributed by atoms with Crippen molar-refractivity contribution in [2.75, 3.05) is 0 Å². The molecule has 0 spiro atoms. The van der Waals surface area contributed by atoms with E-state index < -0.39 is 0 Å². The lowest BCUT2D eigenvalue weighted by molar-refractivity contribution is 0.372. The number of unbranched alkanes of at least 4 members (excludes halogenated alkanes) is 6. The average molecular weight is 281 g/mol. The summed E-state index contributed by atoms with van der Waals surface area (Å²) in [6.45, 7) is 2.31. The molecule has 0 N–H and O–H groups in total. The van der Waals surface area contributed by atoms with Gasteiger partial charge in [0.25, 0.3) is 0 Å². The van der Waals surface area contributed by atoms with Crippen molar-refractivity contribution in [3.63, 3.8) is 0 Å². The molecule has 1 rings (SSSR count). The zero-order valence-electron chi connectivity index (χ0n) is 14.3. The van der Waals surface area contributed by atoms with Gasteiger partial charge in [-0.25, -0.2) is 0 Å². The largest absolute Gasteiger partial charge is 0.0654 e. The fourth-order valence-electron chi connectivity index (χ4n) is 3.75. The van der Waals surface area contributed by atoms with Crippen molar-refractivity contribution in [1.82, 2.24) is 0 Å². The van der Waals surface area contributed by atoms with Gasteiger partial charge in [-0.2, -0.15) is 0 Å². The molecule has 1 saturated carbocycles. The molecule has 0 aromatic rings. The molecule has 0 bridgehead atoms. The molecule has 0 aliphatic heterocycles. The van der Waals surface area contributed by atoms with Gasteiger partial charge in [0.05, 0.1) is 0 Å². The lowest BCUT2D eigenvalue weighted by Gasteiger charge is -2.16. The van der Waals surface area contributed by atoms with Gasteiger partial charge in [0.15, 0.2) is 0 Å². The second-order valence-corrected chi connectivity index (χ2v) is 7.18. The Kier molecular flexibility index (Phi) is 12.6. The summed E-state index contributed by atoms with van der Waals surface area (Å²) in [6.07, 6.45) is 27.0. The van der Waals surface area contributed by atoms with E-state index in [9.17, 15) is 0 Å². The Morgan fingerprint density at radius 3 is 1.55 bits per heavy atom. The molecule has 0 aromatic carbocycles. The fraction of sp³-hybridized carbons (Fsp3) is 1.00. The van der Waals surface area contributed by atoms with Crippen LogP contribution in [-0.4, -0.2) is 0 Å². The predicted octanol–water partition coefficient (Wildman–Crippen LogP) is 7.66. The first-order valence-corrected chi connectivity index (χ1v) is 9.93. The molecule has 0 radical (unpaired) electrons. The van der Waals surface area contributed by atoms with Gasteiger partial charge in [-0.1, -0.05) is 122 Å². The van der Waals surface area contributed by atoms with Crippen molar-refractivity contribution in [1.29, 1.82) is 0 Å². The van der Waals surface area contributed by atoms with E-state index >= 15 is 0 Å². The third kappa shape index (κ3) is 10.7. The zero-order valence-corrected chi connectivity index (χ0v) is 14.3. The summed E-state index contributed by atoms with van der Waals surface area (Å²) in [5.41, 5.74) is 0. The van der Waals surface area contributed by atoms with Crippen LogP contribution < -0.4 is 0 Å². The molecule has 20 heavy (non-hydrogen) atoms. The average Bonchev–Trinajstić information content (AvgIpc) is 2.52. The van der Waals surface area contributed by atoms with E-state index in [-0.39, 0.29) is 0 Å². The Morgan fingerprint density at radius 1 is 0.550 bits per heavy atom. The van der Waals surface area contributed by atoms with Crippen molar-refractivity contribution >= 4 is 0 Å². The molecule has 1 aliphatic carbocycles. The van der Waals surface area contributed by atoms with Crippen LogP contribution in [0.1, 0.15) is 122 Å². The summed E-state index contributed by atoms with van der Waals surface area (Å²) >= 11 is 0. The Morgan fingerprint density at radius 2 is 1.00 bits per heavy atom. The van der Waals surface area contributed by atoms with Crippen molar-refractivity contribution in [3.8, 4) is 0 Å². The zero-order chi connectivity index (χ0) is 14.3. The van der Waals surface area contributed by atoms with E-state index in [0.717, 1.165) is 5.92 Å². The number of hydrogen-bond donors (Lipinski definition) is 0. The topological polar surface area (TPSA) is 0 Å². The molecule has 0 saturated heterocycles. The Balaban J connectivity index is 2.02. The van der Waals surface area contributed by atoms with Gasteiger partial charge in [0, 0.05) is 0 Å². The molecule has 0 heterocycles. The maximum absolute atomic E-state index is 2.31. The van der Waals surface area contributed by atoms with E-state index in [4.69, 9.17) is 0 Å². The molecule has 0 unspecified atom stereocenters. The van der Waals surface area contributed by atoms with Crippen LogP contribution in [-0.2, 0) is 0 Å². The van der Waals surface area contributed by atoms with E-state index in [0.29, 0.717) is 0 Å². The first-order chi connectivity index (χ1) is 9.93. The van der Waals surface area contributed by atoms with Crippen LogP contribution in [0.4, 0.5) is 0 Å². The fourth-order valence-corrected chi connectivity index (χ4v) is 3.75. The first-order valence-electron chi connectivity index (χ1n) is 9.93. The highest BCUT2D eigenvalue weighted by Gasteiger charge is 2.09. The summed E-state index contributed by atoms with van der Waals surface area (Å²) < 4.78 is 0. The molecule has 1 fully saturated rings. The summed E-state index contributed by atoms with van der Waals surface area (Å²) in [4.78, 5) is 0. The quantitative estimate of drug-likeness (QED) is 0.400. The summed E-state index contributed by atoms with van der Waals surface area (Å²) in [6, 6.07) is 0. The second-order valence-electron chi connectivity index (χ2n) is 7.18. The van der Waals surface area contributed by atoms with E-state index in [1.807, 2.05) is 0 Å². The Hall–Kier alpha value is 0. The van der Waals surface area contributed by atoms with Crippen molar-refractivity contribution in [3.05, 3.63) is 0 Å². The van der Waals surface area contributed by atoms with Gasteiger partial charge in [0.2, 0.25) is 0 Å². The molecule has 0 aromatic heterocycles. The molecule has 1 aliphatic rings. The smallest absolute Gasteiger partial charge is 0.0414 e. The van der Waals surface area contributed by atoms with Gasteiger partial charge >= 0.3 is 0 Å². The molecule has 0 atom stereocenters. The minimum atomic E-state index is 1.07. The maximum Gasteiger partial charge on any atom is -0.0414 e. The van der Waals surface area contributed by atoms with Crippen molar-refractivity contribution in [2.24, 2.45) is 5.92 Å². The monoisotopic (exact) mass is 280 g/mol. The van der Waals surface area contributed by atoms with Crippen molar-refractivity contribution in [2.45, 2.75) is 122 Å². The summed E-state index contributed by atoms with van der Waals surface area (Å²) in [5.74, 6) is 1.07. The Labute approximate surface area is 129 Å². The standard InChI is InChI=1S/C20H40/c1-2-3-4-5-8-11-14-17-20-18-15-12-9-6-7-10-13-16-19-20/h20H,2-19H2,1H3. The Bertz CT molecular complexity index is 172. The highest BCUT2D eigenvalue weighted by molar-refractivity contribution is 4.63. The predicted molar refractivity (Wildman–Crippen MR) is 92.3 cm³/mol. The second kappa shape index (κ2) is 14.0. The normalized spacial score (nSPS) is 19.6. The first kappa shape index (κ1) is 18.1. The highest BCUT2D eigenvalue weighted by Crippen LogP contribution is 2.25. The van der Waals surface area contributed by atoms with Crippen LogP contribution in [0, 0.1) is 5.92 Å². The molecular weight excluding hydrogens is 240 g/mol. The van der Waals surface area contributed by atoms with Gasteiger partial charge < -0.3 is 0 Å². The van der Waals surface area contributed by atoms with E-state index in [1.165, 1.54) is 116 Å². The summed E-state index contributed by atoms with van der Waals surface area (Å²) in [5, 5.41) is 0. The molecule has 120 valence electrons. The molecule has 0 nitrogen and oxygen atoms in total. The van der Waals surface area contributed by atoms with Gasteiger partial charge in [0.1, 0.15) is 0 Å². The lowest BCUT2D eigenvalue weighted by atomic mass is 9.90. The van der Waals surface area contributed by atoms with Crippen molar-refractivity contribution < 1.29 is 0 Å². The van der Waals surface area contributed by atoms with Gasteiger partial charge in [-0.15, -0.1) is 0 Å². The third-order valence-electron chi connectivity index (χ3n) is 5.19. The van der Waals surface area contributed by atoms with E-state index in [1.54, 1.807) is 0 Å². The minimum absolute atomic E-state index is 1.07. The molecular formula is C20H40. The summed E-state index contributed by atoms with van der Waals surface area (Å²) in [7, 11) is 0. The van der Waals surface area contributed by atoms with Crippen LogP contribution >= 0.6 is 0 Å². The van der Waals surface area contributed by atoms with E-state index in [2.05, 4.69) is 6.92 Å². The van der Waals surface area contributed by atoms with Crippen LogP contribution in [0.3, 0.4) is 0 Å². The number of rotatable bonds is 8. The third-order valence-corrected chi connectivity index (χ3v) is 5.19. The minimum Gasteiger partial charge on any atom is -0.0654 e. The van der Waals surface area contributed by atoms with Gasteiger partial charge in [-0.3, -0.25) is 0 Å². The lowest BCUT2D eigenvalue weighted by Crippen LogP contribution is -2.01. The maximum atomic E-state index is 2.31. The SMILES string of the molecule is CCCCCCCCCC1CCCCCCCCCC1. The highest BCUT2D eigenvalue weighted by atomic mass is 14.2.